The second-order valence-corrected chi connectivity index (χ2v) is 5.74. The molecule has 102 valence electrons. The predicted octanol–water partition coefficient (Wildman–Crippen LogP) is 2.93. The van der Waals surface area contributed by atoms with Gasteiger partial charge in [-0.25, -0.2) is 4.98 Å². The van der Waals surface area contributed by atoms with Gasteiger partial charge in [-0.15, -0.1) is 0 Å². The Morgan fingerprint density at radius 2 is 2.16 bits per heavy atom. The zero-order valence-corrected chi connectivity index (χ0v) is 11.9. The molecule has 5 heteroatoms. The molecule has 2 aromatic rings. The number of hydrogen-bond donors (Lipinski definition) is 1. The van der Waals surface area contributed by atoms with Crippen LogP contribution in [0.2, 0.25) is 5.02 Å². The highest BCUT2D eigenvalue weighted by Gasteiger charge is 2.21. The first kappa shape index (κ1) is 12.8. The summed E-state index contributed by atoms with van der Waals surface area (Å²) in [7, 11) is 2.17. The fraction of sp³-hybridized carbons (Fsp3) is 0.500. The zero-order valence-electron chi connectivity index (χ0n) is 11.1. The van der Waals surface area contributed by atoms with Crippen LogP contribution in [0.15, 0.2) is 18.2 Å². The third-order valence-corrected chi connectivity index (χ3v) is 4.28. The van der Waals surface area contributed by atoms with E-state index >= 15 is 0 Å². The van der Waals surface area contributed by atoms with E-state index < -0.39 is 0 Å². The van der Waals surface area contributed by atoms with Gasteiger partial charge in [-0.1, -0.05) is 17.7 Å². The summed E-state index contributed by atoms with van der Waals surface area (Å²) in [5, 5.41) is 0.735. The van der Waals surface area contributed by atoms with Crippen LogP contribution in [-0.4, -0.2) is 34.6 Å². The van der Waals surface area contributed by atoms with Gasteiger partial charge in [-0.3, -0.25) is 0 Å². The second-order valence-electron chi connectivity index (χ2n) is 5.34. The summed E-state index contributed by atoms with van der Waals surface area (Å²) in [4.78, 5) is 6.81. The Bertz CT molecular complexity index is 592. The van der Waals surface area contributed by atoms with E-state index in [1.807, 2.05) is 18.2 Å². The van der Waals surface area contributed by atoms with Crippen molar-refractivity contribution in [3.8, 4) is 0 Å². The van der Waals surface area contributed by atoms with Gasteiger partial charge in [0.2, 0.25) is 5.95 Å². The maximum Gasteiger partial charge on any atom is 0.201 e. The maximum absolute atomic E-state index is 6.34. The molecule has 19 heavy (non-hydrogen) atoms. The molecule has 1 atom stereocenters. The molecule has 1 aromatic carbocycles. The quantitative estimate of drug-likeness (QED) is 0.872. The van der Waals surface area contributed by atoms with Gasteiger partial charge >= 0.3 is 0 Å². The van der Waals surface area contributed by atoms with Crippen LogP contribution in [0.3, 0.4) is 0 Å². The first-order valence-electron chi connectivity index (χ1n) is 6.77. The van der Waals surface area contributed by atoms with Crippen molar-refractivity contribution < 1.29 is 0 Å². The number of likely N-dealkylation sites (tertiary alicyclic amines) is 1. The van der Waals surface area contributed by atoms with Crippen molar-refractivity contribution in [2.24, 2.45) is 0 Å². The number of nitrogens with two attached hydrogens (primary N) is 1. The average Bonchev–Trinajstić information content (AvgIpc) is 2.56. The van der Waals surface area contributed by atoms with Crippen molar-refractivity contribution in [3.05, 3.63) is 23.2 Å². The first-order valence-corrected chi connectivity index (χ1v) is 7.15. The van der Waals surface area contributed by atoms with Crippen molar-refractivity contribution >= 4 is 28.6 Å². The largest absolute Gasteiger partial charge is 0.369 e. The minimum absolute atomic E-state index is 0.398. The number of anilines is 1. The van der Waals surface area contributed by atoms with Gasteiger partial charge in [0.1, 0.15) is 0 Å². The Kier molecular flexibility index (Phi) is 3.37. The third-order valence-electron chi connectivity index (χ3n) is 3.97. The Hall–Kier alpha value is -1.26. The normalized spacial score (nSPS) is 21.7. The summed E-state index contributed by atoms with van der Waals surface area (Å²) in [5.41, 5.74) is 7.99. The smallest absolute Gasteiger partial charge is 0.201 e. The molecule has 1 aliphatic rings. The lowest BCUT2D eigenvalue weighted by Crippen LogP contribution is -2.19. The lowest BCUT2D eigenvalue weighted by molar-refractivity contribution is 0.342. The highest BCUT2D eigenvalue weighted by molar-refractivity contribution is 6.35. The van der Waals surface area contributed by atoms with Gasteiger partial charge < -0.3 is 15.2 Å². The lowest BCUT2D eigenvalue weighted by atomic mass is 10.1. The number of halogens is 1. The predicted molar refractivity (Wildman–Crippen MR) is 79.5 cm³/mol. The highest BCUT2D eigenvalue weighted by atomic mass is 35.5. The standard InChI is InChI=1S/C14H19ClN4/c1-18-8-3-4-10(7-9-18)19-13-11(15)5-2-6-12(13)17-14(19)16/h2,5-6,10H,3-4,7-9H2,1H3,(H2,16,17)/t10-/m1/s1. The van der Waals surface area contributed by atoms with Crippen LogP contribution in [0.1, 0.15) is 25.3 Å². The van der Waals surface area contributed by atoms with Crippen molar-refractivity contribution in [2.45, 2.75) is 25.3 Å². The van der Waals surface area contributed by atoms with Crippen molar-refractivity contribution in [3.63, 3.8) is 0 Å². The van der Waals surface area contributed by atoms with Gasteiger partial charge in [0.05, 0.1) is 16.1 Å². The molecule has 2 N–H and O–H groups in total. The minimum Gasteiger partial charge on any atom is -0.369 e. The van der Waals surface area contributed by atoms with Crippen molar-refractivity contribution in [1.29, 1.82) is 0 Å². The molecule has 0 spiro atoms. The summed E-state index contributed by atoms with van der Waals surface area (Å²) in [6, 6.07) is 6.19. The maximum atomic E-state index is 6.34. The average molecular weight is 279 g/mol. The number of nitrogens with zero attached hydrogens (tertiary/aromatic N) is 3. The van der Waals surface area contributed by atoms with Gasteiger partial charge in [-0.2, -0.15) is 0 Å². The van der Waals surface area contributed by atoms with E-state index in [9.17, 15) is 0 Å². The second kappa shape index (κ2) is 5.02. The van der Waals surface area contributed by atoms with E-state index in [0.717, 1.165) is 42.0 Å². The van der Waals surface area contributed by atoms with E-state index in [1.165, 1.54) is 6.42 Å². The Balaban J connectivity index is 2.06. The Morgan fingerprint density at radius 3 is 3.00 bits per heavy atom. The molecule has 0 aliphatic carbocycles. The van der Waals surface area contributed by atoms with E-state index in [2.05, 4.69) is 21.5 Å². The number of imidazole rings is 1. The molecular formula is C14H19ClN4. The molecule has 4 nitrogen and oxygen atoms in total. The third kappa shape index (κ3) is 2.30. The summed E-state index contributed by atoms with van der Waals surface area (Å²) >= 11 is 6.34. The van der Waals surface area contributed by atoms with Gasteiger partial charge in [0, 0.05) is 6.04 Å². The Labute approximate surface area is 118 Å². The topological polar surface area (TPSA) is 47.1 Å². The van der Waals surface area contributed by atoms with Crippen LogP contribution in [0.5, 0.6) is 0 Å². The molecule has 2 heterocycles. The molecule has 1 saturated heterocycles. The number of aromatic nitrogens is 2. The van der Waals surface area contributed by atoms with Crippen LogP contribution < -0.4 is 5.73 Å². The van der Waals surface area contributed by atoms with Gasteiger partial charge in [0.25, 0.3) is 0 Å². The molecule has 0 unspecified atom stereocenters. The zero-order chi connectivity index (χ0) is 13.4. The van der Waals surface area contributed by atoms with E-state index in [4.69, 9.17) is 17.3 Å². The molecule has 0 bridgehead atoms. The molecule has 0 saturated carbocycles. The van der Waals surface area contributed by atoms with E-state index in [1.54, 1.807) is 0 Å². The molecule has 1 fully saturated rings. The van der Waals surface area contributed by atoms with Crippen molar-refractivity contribution in [1.82, 2.24) is 14.5 Å². The van der Waals surface area contributed by atoms with Crippen LogP contribution in [0, 0.1) is 0 Å². The number of benzene rings is 1. The summed E-state index contributed by atoms with van der Waals surface area (Å²) in [6.07, 6.45) is 3.41. The summed E-state index contributed by atoms with van der Waals surface area (Å²) < 4.78 is 2.14. The van der Waals surface area contributed by atoms with Crippen LogP contribution in [-0.2, 0) is 0 Å². The SMILES string of the molecule is CN1CCC[C@@H](n2c(N)nc3cccc(Cl)c32)CC1. The van der Waals surface area contributed by atoms with Crippen LogP contribution in [0.4, 0.5) is 5.95 Å². The molecule has 3 rings (SSSR count). The molecule has 0 radical (unpaired) electrons. The first-order chi connectivity index (χ1) is 9.16. The van der Waals surface area contributed by atoms with Gasteiger partial charge in [0.15, 0.2) is 0 Å². The number of fused-ring (bicyclic) bond motifs is 1. The fourth-order valence-corrected chi connectivity index (χ4v) is 3.24. The van der Waals surface area contributed by atoms with Crippen LogP contribution in [0.25, 0.3) is 11.0 Å². The van der Waals surface area contributed by atoms with Gasteiger partial charge in [-0.05, 0) is 51.5 Å². The Morgan fingerprint density at radius 1 is 1.32 bits per heavy atom. The summed E-state index contributed by atoms with van der Waals surface area (Å²) in [5.74, 6) is 0.581. The summed E-state index contributed by atoms with van der Waals surface area (Å²) in [6.45, 7) is 2.24. The van der Waals surface area contributed by atoms with Crippen LogP contribution >= 0.6 is 11.6 Å². The minimum atomic E-state index is 0.398. The lowest BCUT2D eigenvalue weighted by Gasteiger charge is -2.19. The van der Waals surface area contributed by atoms with E-state index in [-0.39, 0.29) is 0 Å². The van der Waals surface area contributed by atoms with E-state index in [0.29, 0.717) is 12.0 Å². The molecular weight excluding hydrogens is 260 g/mol. The highest BCUT2D eigenvalue weighted by Crippen LogP contribution is 2.33. The number of para-hydroxylation sites is 1. The monoisotopic (exact) mass is 278 g/mol. The number of rotatable bonds is 1. The molecule has 0 amide bonds. The van der Waals surface area contributed by atoms with Crippen molar-refractivity contribution in [2.75, 3.05) is 25.9 Å². The molecule has 1 aliphatic heterocycles. The molecule has 1 aromatic heterocycles. The number of nitrogen functional groups attached to an aromatic ring is 1. The fourth-order valence-electron chi connectivity index (χ4n) is 2.97. The number of hydrogen-bond acceptors (Lipinski definition) is 3.